The van der Waals surface area contributed by atoms with E-state index in [1.807, 2.05) is 0 Å². The van der Waals surface area contributed by atoms with Gasteiger partial charge in [0, 0.05) is 25.0 Å². The Bertz CT molecular complexity index is 722. The summed E-state index contributed by atoms with van der Waals surface area (Å²) < 4.78 is 1.59. The van der Waals surface area contributed by atoms with E-state index in [4.69, 9.17) is 0 Å². The minimum atomic E-state index is -0.470. The number of nitrogens with one attached hydrogen (secondary N) is 2. The molecule has 1 aliphatic rings. The number of aryl methyl sites for hydroxylation is 1. The molecule has 8 nitrogen and oxygen atoms in total. The highest BCUT2D eigenvalue weighted by Crippen LogP contribution is 2.35. The molecule has 1 aromatic heterocycles. The van der Waals surface area contributed by atoms with Crippen molar-refractivity contribution in [3.05, 3.63) is 40.2 Å². The van der Waals surface area contributed by atoms with Crippen LogP contribution in [0.3, 0.4) is 0 Å². The van der Waals surface area contributed by atoms with Crippen molar-refractivity contribution in [2.75, 3.05) is 10.6 Å². The average molecular weight is 273 g/mol. The van der Waals surface area contributed by atoms with E-state index >= 15 is 0 Å². The minimum absolute atomic E-state index is 0.0656. The molecular weight excluding hydrogens is 262 g/mol. The second-order valence-corrected chi connectivity index (χ2v) is 4.54. The molecule has 2 N–H and O–H groups in total. The van der Waals surface area contributed by atoms with Crippen molar-refractivity contribution in [2.24, 2.45) is 7.05 Å². The summed E-state index contributed by atoms with van der Waals surface area (Å²) in [7, 11) is 1.75. The lowest BCUT2D eigenvalue weighted by atomic mass is 10.1. The van der Waals surface area contributed by atoms with E-state index in [1.54, 1.807) is 30.2 Å². The van der Waals surface area contributed by atoms with E-state index in [0.29, 0.717) is 22.6 Å². The normalized spacial score (nSPS) is 12.9. The van der Waals surface area contributed by atoms with Crippen LogP contribution in [0, 0.1) is 10.1 Å². The summed E-state index contributed by atoms with van der Waals surface area (Å²) in [5.41, 5.74) is 2.14. The van der Waals surface area contributed by atoms with Crippen LogP contribution in [-0.4, -0.2) is 20.6 Å². The summed E-state index contributed by atoms with van der Waals surface area (Å²) in [6.45, 7) is 0. The average Bonchev–Trinajstić information content (AvgIpc) is 2.92. The molecule has 2 aromatic rings. The molecule has 0 saturated heterocycles. The van der Waals surface area contributed by atoms with Crippen LogP contribution in [-0.2, 0) is 18.3 Å². The summed E-state index contributed by atoms with van der Waals surface area (Å²) in [6.07, 6.45) is 3.44. The van der Waals surface area contributed by atoms with Gasteiger partial charge < -0.3 is 10.6 Å². The van der Waals surface area contributed by atoms with Gasteiger partial charge in [0.2, 0.25) is 5.91 Å². The van der Waals surface area contributed by atoms with Crippen molar-refractivity contribution < 1.29 is 9.72 Å². The summed E-state index contributed by atoms with van der Waals surface area (Å²) >= 11 is 0. The largest absolute Gasteiger partial charge is 0.347 e. The Balaban J connectivity index is 2.03. The maximum Gasteiger partial charge on any atom is 0.293 e. The third-order valence-electron chi connectivity index (χ3n) is 3.03. The van der Waals surface area contributed by atoms with Crippen LogP contribution in [0.1, 0.15) is 5.56 Å². The first kappa shape index (κ1) is 12.2. The second kappa shape index (κ2) is 4.34. The van der Waals surface area contributed by atoms with E-state index < -0.39 is 4.92 Å². The number of nitro groups is 1. The fraction of sp³-hybridized carbons (Fsp3) is 0.167. The maximum atomic E-state index is 11.3. The molecule has 20 heavy (non-hydrogen) atoms. The summed E-state index contributed by atoms with van der Waals surface area (Å²) in [5.74, 6) is -0.159. The first-order valence-corrected chi connectivity index (χ1v) is 5.90. The quantitative estimate of drug-likeness (QED) is 0.652. The number of nitro benzene ring substituents is 1. The fourth-order valence-corrected chi connectivity index (χ4v) is 2.15. The zero-order valence-electron chi connectivity index (χ0n) is 10.6. The van der Waals surface area contributed by atoms with Gasteiger partial charge in [0.1, 0.15) is 5.69 Å². The third-order valence-corrected chi connectivity index (χ3v) is 3.03. The monoisotopic (exact) mass is 273 g/mol. The zero-order chi connectivity index (χ0) is 14.3. The Kier molecular flexibility index (Phi) is 2.63. The Labute approximate surface area is 113 Å². The molecule has 0 aliphatic carbocycles. The summed E-state index contributed by atoms with van der Waals surface area (Å²) in [5, 5.41) is 20.7. The SMILES string of the molecule is Cn1cc(Nc2cc3c(cc2[N+](=O)[O-])CC(=O)N3)cn1. The molecule has 1 aliphatic heterocycles. The topological polar surface area (TPSA) is 102 Å². The number of hydrogen-bond donors (Lipinski definition) is 2. The summed E-state index contributed by atoms with van der Waals surface area (Å²) in [6, 6.07) is 3.00. The van der Waals surface area contributed by atoms with Gasteiger partial charge in [-0.05, 0) is 11.6 Å². The third kappa shape index (κ3) is 2.07. The lowest BCUT2D eigenvalue weighted by molar-refractivity contribution is -0.383. The molecule has 1 aromatic carbocycles. The first-order chi connectivity index (χ1) is 9.52. The second-order valence-electron chi connectivity index (χ2n) is 4.54. The van der Waals surface area contributed by atoms with E-state index in [9.17, 15) is 14.9 Å². The number of rotatable bonds is 3. The number of hydrogen-bond acceptors (Lipinski definition) is 5. The van der Waals surface area contributed by atoms with E-state index in [1.165, 1.54) is 6.07 Å². The molecule has 2 heterocycles. The molecule has 0 unspecified atom stereocenters. The van der Waals surface area contributed by atoms with Crippen molar-refractivity contribution in [1.29, 1.82) is 0 Å². The van der Waals surface area contributed by atoms with E-state index in [0.717, 1.165) is 0 Å². The molecule has 3 rings (SSSR count). The van der Waals surface area contributed by atoms with Crippen LogP contribution < -0.4 is 10.6 Å². The van der Waals surface area contributed by atoms with Crippen molar-refractivity contribution in [3.63, 3.8) is 0 Å². The Morgan fingerprint density at radius 1 is 1.50 bits per heavy atom. The van der Waals surface area contributed by atoms with Crippen LogP contribution >= 0.6 is 0 Å². The molecule has 0 saturated carbocycles. The molecule has 0 atom stereocenters. The Morgan fingerprint density at radius 3 is 2.95 bits per heavy atom. The molecule has 102 valence electrons. The molecular formula is C12H11N5O3. The van der Waals surface area contributed by atoms with Crippen molar-refractivity contribution in [3.8, 4) is 0 Å². The van der Waals surface area contributed by atoms with Crippen LogP contribution in [0.25, 0.3) is 0 Å². The number of nitrogens with zero attached hydrogens (tertiary/aromatic N) is 3. The highest BCUT2D eigenvalue weighted by Gasteiger charge is 2.24. The van der Waals surface area contributed by atoms with Gasteiger partial charge >= 0.3 is 0 Å². The number of amides is 1. The highest BCUT2D eigenvalue weighted by atomic mass is 16.6. The zero-order valence-corrected chi connectivity index (χ0v) is 10.6. The Morgan fingerprint density at radius 2 is 2.30 bits per heavy atom. The van der Waals surface area contributed by atoms with E-state index in [2.05, 4.69) is 15.7 Å². The molecule has 8 heteroatoms. The molecule has 0 radical (unpaired) electrons. The number of aromatic nitrogens is 2. The highest BCUT2D eigenvalue weighted by molar-refractivity contribution is 6.00. The molecule has 0 spiro atoms. The smallest absolute Gasteiger partial charge is 0.293 e. The number of fused-ring (bicyclic) bond motifs is 1. The standard InChI is InChI=1S/C12H11N5O3/c1-16-6-8(5-13-16)14-10-4-9-7(3-12(18)15-9)2-11(10)17(19)20/h2,4-6,14H,3H2,1H3,(H,15,18). The fourth-order valence-electron chi connectivity index (χ4n) is 2.15. The Hall–Kier alpha value is -2.90. The van der Waals surface area contributed by atoms with Gasteiger partial charge in [0.15, 0.2) is 0 Å². The van der Waals surface area contributed by atoms with Gasteiger partial charge in [0.05, 0.1) is 23.2 Å². The van der Waals surface area contributed by atoms with Crippen LogP contribution in [0.5, 0.6) is 0 Å². The first-order valence-electron chi connectivity index (χ1n) is 5.90. The van der Waals surface area contributed by atoms with Crippen molar-refractivity contribution in [2.45, 2.75) is 6.42 Å². The van der Waals surface area contributed by atoms with Gasteiger partial charge in [-0.1, -0.05) is 0 Å². The van der Waals surface area contributed by atoms with Gasteiger partial charge in [-0.15, -0.1) is 0 Å². The lowest BCUT2D eigenvalue weighted by Gasteiger charge is -2.07. The number of benzene rings is 1. The van der Waals surface area contributed by atoms with Crippen LogP contribution in [0.4, 0.5) is 22.7 Å². The van der Waals surface area contributed by atoms with Gasteiger partial charge in [0.25, 0.3) is 5.69 Å². The lowest BCUT2D eigenvalue weighted by Crippen LogP contribution is -2.03. The number of carbonyl (C=O) groups excluding carboxylic acids is 1. The van der Waals surface area contributed by atoms with Crippen molar-refractivity contribution >= 4 is 28.7 Å². The van der Waals surface area contributed by atoms with E-state index in [-0.39, 0.29) is 18.0 Å². The van der Waals surface area contributed by atoms with Gasteiger partial charge in [-0.25, -0.2) is 0 Å². The molecule has 0 fully saturated rings. The molecule has 0 bridgehead atoms. The van der Waals surface area contributed by atoms with Gasteiger partial charge in [-0.3, -0.25) is 19.6 Å². The number of anilines is 3. The van der Waals surface area contributed by atoms with Crippen LogP contribution in [0.2, 0.25) is 0 Å². The minimum Gasteiger partial charge on any atom is -0.347 e. The maximum absolute atomic E-state index is 11.3. The predicted molar refractivity (Wildman–Crippen MR) is 71.9 cm³/mol. The summed E-state index contributed by atoms with van der Waals surface area (Å²) in [4.78, 5) is 22.0. The van der Waals surface area contributed by atoms with Crippen molar-refractivity contribution in [1.82, 2.24) is 9.78 Å². The van der Waals surface area contributed by atoms with Crippen LogP contribution in [0.15, 0.2) is 24.5 Å². The predicted octanol–water partition coefficient (Wildman–Crippen LogP) is 1.57. The number of carbonyl (C=O) groups is 1. The van der Waals surface area contributed by atoms with Gasteiger partial charge in [-0.2, -0.15) is 5.10 Å². The molecule has 1 amide bonds.